The lowest BCUT2D eigenvalue weighted by Gasteiger charge is -2.14. The molecule has 0 unspecified atom stereocenters. The summed E-state index contributed by atoms with van der Waals surface area (Å²) in [5, 5.41) is 8.32. The molecule has 2 heterocycles. The van der Waals surface area contributed by atoms with Crippen LogP contribution in [0.4, 0.5) is 5.82 Å². The Labute approximate surface area is 152 Å². The van der Waals surface area contributed by atoms with Crippen LogP contribution < -0.4 is 11.3 Å². The zero-order chi connectivity index (χ0) is 17.6. The number of fused-ring (bicyclic) bond motifs is 1. The molecule has 0 aliphatic carbocycles. The molecule has 4 aromatic rings. The minimum atomic E-state index is -0.254. The number of nitrogens with two attached hydrogens (primary N) is 1. The van der Waals surface area contributed by atoms with Crippen molar-refractivity contribution in [2.24, 2.45) is 0 Å². The fraction of sp³-hybridized carbons (Fsp3) is 0. The SMILES string of the molecule is Nc1n[nH]c2cc(-c3ccc(Cl)cc3)n(-c3ccc(Cl)cc3)c(=O)c12. The van der Waals surface area contributed by atoms with Gasteiger partial charge in [0.25, 0.3) is 5.56 Å². The average molecular weight is 371 g/mol. The molecule has 0 saturated carbocycles. The van der Waals surface area contributed by atoms with Crippen molar-refractivity contribution >= 4 is 39.9 Å². The molecule has 25 heavy (non-hydrogen) atoms. The van der Waals surface area contributed by atoms with Gasteiger partial charge in [-0.2, -0.15) is 5.10 Å². The highest BCUT2D eigenvalue weighted by molar-refractivity contribution is 6.30. The zero-order valence-electron chi connectivity index (χ0n) is 12.8. The Bertz CT molecular complexity index is 1130. The van der Waals surface area contributed by atoms with Crippen LogP contribution in [0.5, 0.6) is 0 Å². The van der Waals surface area contributed by atoms with Gasteiger partial charge in [-0.05, 0) is 48.0 Å². The Balaban J connectivity index is 2.09. The molecular weight excluding hydrogens is 359 g/mol. The third kappa shape index (κ3) is 2.67. The van der Waals surface area contributed by atoms with Crippen molar-refractivity contribution in [3.63, 3.8) is 0 Å². The van der Waals surface area contributed by atoms with Crippen LogP contribution in [0, 0.1) is 0 Å². The van der Waals surface area contributed by atoms with Gasteiger partial charge in [-0.1, -0.05) is 35.3 Å². The molecule has 4 rings (SSSR count). The van der Waals surface area contributed by atoms with Crippen LogP contribution in [0.25, 0.3) is 27.8 Å². The lowest BCUT2D eigenvalue weighted by atomic mass is 10.1. The van der Waals surface area contributed by atoms with Crippen LogP contribution in [0.15, 0.2) is 59.4 Å². The minimum Gasteiger partial charge on any atom is -0.382 e. The molecule has 0 aliphatic heterocycles. The molecule has 0 atom stereocenters. The minimum absolute atomic E-state index is 0.172. The first-order chi connectivity index (χ1) is 12.0. The van der Waals surface area contributed by atoms with Gasteiger partial charge in [-0.3, -0.25) is 14.5 Å². The fourth-order valence-electron chi connectivity index (χ4n) is 2.80. The number of hydrogen-bond donors (Lipinski definition) is 2. The van der Waals surface area contributed by atoms with Gasteiger partial charge in [-0.15, -0.1) is 0 Å². The summed E-state index contributed by atoms with van der Waals surface area (Å²) in [4.78, 5) is 13.1. The molecule has 0 bridgehead atoms. The Morgan fingerprint density at radius 3 is 2.20 bits per heavy atom. The van der Waals surface area contributed by atoms with E-state index in [9.17, 15) is 4.79 Å². The molecule has 0 spiro atoms. The largest absolute Gasteiger partial charge is 0.382 e. The zero-order valence-corrected chi connectivity index (χ0v) is 14.3. The van der Waals surface area contributed by atoms with Crippen molar-refractivity contribution < 1.29 is 0 Å². The molecule has 0 amide bonds. The Kier molecular flexibility index (Phi) is 3.75. The lowest BCUT2D eigenvalue weighted by molar-refractivity contribution is 1.02. The highest BCUT2D eigenvalue weighted by Crippen LogP contribution is 2.27. The van der Waals surface area contributed by atoms with Crippen molar-refractivity contribution in [3.05, 3.63) is 75.0 Å². The van der Waals surface area contributed by atoms with Crippen molar-refractivity contribution in [3.8, 4) is 16.9 Å². The van der Waals surface area contributed by atoms with Crippen LogP contribution in [-0.4, -0.2) is 14.8 Å². The number of pyridine rings is 1. The van der Waals surface area contributed by atoms with Crippen molar-refractivity contribution in [2.45, 2.75) is 0 Å². The van der Waals surface area contributed by atoms with Gasteiger partial charge in [0, 0.05) is 15.7 Å². The van der Waals surface area contributed by atoms with Gasteiger partial charge in [0.05, 0.1) is 11.2 Å². The summed E-state index contributed by atoms with van der Waals surface area (Å²) in [7, 11) is 0. The van der Waals surface area contributed by atoms with Crippen molar-refractivity contribution in [2.75, 3.05) is 5.73 Å². The first kappa shape index (κ1) is 15.7. The number of halogens is 2. The number of aromatic amines is 1. The summed E-state index contributed by atoms with van der Waals surface area (Å²) in [6, 6.07) is 16.1. The molecule has 124 valence electrons. The van der Waals surface area contributed by atoms with Crippen LogP contribution >= 0.6 is 23.2 Å². The van der Waals surface area contributed by atoms with Crippen molar-refractivity contribution in [1.82, 2.24) is 14.8 Å². The number of nitrogens with zero attached hydrogens (tertiary/aromatic N) is 2. The van der Waals surface area contributed by atoms with E-state index in [4.69, 9.17) is 28.9 Å². The van der Waals surface area contributed by atoms with E-state index in [1.54, 1.807) is 41.0 Å². The van der Waals surface area contributed by atoms with Gasteiger partial charge in [0.1, 0.15) is 5.39 Å². The van der Waals surface area contributed by atoms with Gasteiger partial charge in [0.15, 0.2) is 5.82 Å². The molecule has 2 aromatic heterocycles. The third-order valence-corrected chi connectivity index (χ3v) is 4.49. The van der Waals surface area contributed by atoms with Crippen molar-refractivity contribution in [1.29, 1.82) is 0 Å². The monoisotopic (exact) mass is 370 g/mol. The molecule has 0 aliphatic rings. The normalized spacial score (nSPS) is 11.1. The lowest BCUT2D eigenvalue weighted by Crippen LogP contribution is -2.20. The number of H-pyrrole nitrogens is 1. The predicted molar refractivity (Wildman–Crippen MR) is 102 cm³/mol. The first-order valence-corrected chi connectivity index (χ1v) is 8.21. The molecule has 2 aromatic carbocycles. The molecule has 0 saturated heterocycles. The quantitative estimate of drug-likeness (QED) is 0.553. The smallest absolute Gasteiger partial charge is 0.268 e. The van der Waals surface area contributed by atoms with E-state index in [2.05, 4.69) is 10.2 Å². The number of anilines is 1. The number of hydrogen-bond acceptors (Lipinski definition) is 3. The second-order valence-corrected chi connectivity index (χ2v) is 6.42. The second kappa shape index (κ2) is 5.95. The third-order valence-electron chi connectivity index (χ3n) is 3.99. The second-order valence-electron chi connectivity index (χ2n) is 5.55. The molecule has 0 fully saturated rings. The highest BCUT2D eigenvalue weighted by atomic mass is 35.5. The van der Waals surface area contributed by atoms with Crippen LogP contribution in [0.2, 0.25) is 10.0 Å². The van der Waals surface area contributed by atoms with Gasteiger partial charge in [0.2, 0.25) is 0 Å². The van der Waals surface area contributed by atoms with E-state index in [1.165, 1.54) is 0 Å². The molecule has 7 heteroatoms. The van der Waals surface area contributed by atoms with E-state index >= 15 is 0 Å². The Morgan fingerprint density at radius 2 is 1.56 bits per heavy atom. The summed E-state index contributed by atoms with van der Waals surface area (Å²) >= 11 is 12.0. The predicted octanol–water partition coefficient (Wildman–Crippen LogP) is 4.27. The Hall–Kier alpha value is -2.76. The number of benzene rings is 2. The van der Waals surface area contributed by atoms with E-state index in [0.717, 1.165) is 5.56 Å². The highest BCUT2D eigenvalue weighted by Gasteiger charge is 2.16. The topological polar surface area (TPSA) is 76.7 Å². The standard InChI is InChI=1S/C18H12Cl2N4O/c19-11-3-1-10(2-4-11)15-9-14-16(17(21)23-22-14)18(25)24(15)13-7-5-12(20)6-8-13/h1-9H,(H3,21,22,23). The maximum atomic E-state index is 13.1. The summed E-state index contributed by atoms with van der Waals surface area (Å²) in [5.41, 5.74) is 8.41. The number of nitrogen functional groups attached to an aromatic ring is 1. The van der Waals surface area contributed by atoms with Gasteiger partial charge < -0.3 is 5.73 Å². The number of aromatic nitrogens is 3. The Morgan fingerprint density at radius 1 is 0.960 bits per heavy atom. The van der Waals surface area contributed by atoms with Crippen LogP contribution in [0.1, 0.15) is 0 Å². The van der Waals surface area contributed by atoms with Crippen LogP contribution in [-0.2, 0) is 0 Å². The van der Waals surface area contributed by atoms with E-state index < -0.39 is 0 Å². The molecular formula is C18H12Cl2N4O. The summed E-state index contributed by atoms with van der Waals surface area (Å²) in [6.07, 6.45) is 0. The van der Waals surface area contributed by atoms with E-state index in [-0.39, 0.29) is 11.4 Å². The van der Waals surface area contributed by atoms with Gasteiger partial charge >= 0.3 is 0 Å². The van der Waals surface area contributed by atoms with E-state index in [0.29, 0.717) is 32.3 Å². The molecule has 5 nitrogen and oxygen atoms in total. The molecule has 0 radical (unpaired) electrons. The average Bonchev–Trinajstić information content (AvgIpc) is 2.98. The van der Waals surface area contributed by atoms with Gasteiger partial charge in [-0.25, -0.2) is 0 Å². The summed E-state index contributed by atoms with van der Waals surface area (Å²) in [6.45, 7) is 0. The summed E-state index contributed by atoms with van der Waals surface area (Å²) < 4.78 is 1.59. The summed E-state index contributed by atoms with van der Waals surface area (Å²) in [5.74, 6) is 0.172. The number of nitrogens with one attached hydrogen (secondary N) is 1. The first-order valence-electron chi connectivity index (χ1n) is 7.46. The maximum absolute atomic E-state index is 13.1. The number of rotatable bonds is 2. The maximum Gasteiger partial charge on any atom is 0.268 e. The van der Waals surface area contributed by atoms with Crippen LogP contribution in [0.3, 0.4) is 0 Å². The van der Waals surface area contributed by atoms with E-state index in [1.807, 2.05) is 18.2 Å². The fourth-order valence-corrected chi connectivity index (χ4v) is 3.05. The molecule has 3 N–H and O–H groups in total.